The second kappa shape index (κ2) is 9.65. The summed E-state index contributed by atoms with van der Waals surface area (Å²) in [4.78, 5) is 24.8. The molecule has 3 amide bonds. The Morgan fingerprint density at radius 1 is 1.00 bits per heavy atom. The molecule has 26 heavy (non-hydrogen) atoms. The summed E-state index contributed by atoms with van der Waals surface area (Å²) >= 11 is 0. The molecule has 0 radical (unpaired) electrons. The number of nitrogens with one attached hydrogen (secondary N) is 3. The largest absolute Gasteiger partial charge is 0.469 e. The quantitative estimate of drug-likeness (QED) is 0.675. The van der Waals surface area contributed by atoms with E-state index >= 15 is 0 Å². The van der Waals surface area contributed by atoms with Gasteiger partial charge in [0.1, 0.15) is 11.8 Å². The van der Waals surface area contributed by atoms with Crippen LogP contribution < -0.4 is 16.0 Å². The molecule has 0 spiro atoms. The van der Waals surface area contributed by atoms with Gasteiger partial charge in [-0.15, -0.1) is 0 Å². The summed E-state index contributed by atoms with van der Waals surface area (Å²) in [6, 6.07) is 11.9. The molecule has 0 bridgehead atoms. The van der Waals surface area contributed by atoms with Crippen molar-refractivity contribution in [3.63, 3.8) is 0 Å². The average molecular weight is 357 g/mol. The van der Waals surface area contributed by atoms with Crippen molar-refractivity contribution in [2.45, 2.75) is 45.7 Å². The van der Waals surface area contributed by atoms with Gasteiger partial charge in [0.05, 0.1) is 6.26 Å². The van der Waals surface area contributed by atoms with E-state index in [2.05, 4.69) is 16.0 Å². The van der Waals surface area contributed by atoms with E-state index in [0.717, 1.165) is 18.6 Å². The highest BCUT2D eigenvalue weighted by molar-refractivity contribution is 5.93. The van der Waals surface area contributed by atoms with Crippen LogP contribution in [-0.4, -0.2) is 24.0 Å². The number of furan rings is 1. The molecule has 2 aromatic rings. The lowest BCUT2D eigenvalue weighted by Crippen LogP contribution is -2.52. The van der Waals surface area contributed by atoms with Crippen LogP contribution in [0.4, 0.5) is 10.5 Å². The zero-order valence-electron chi connectivity index (χ0n) is 15.5. The molecule has 0 aliphatic carbocycles. The highest BCUT2D eigenvalue weighted by Gasteiger charge is 2.25. The predicted molar refractivity (Wildman–Crippen MR) is 102 cm³/mol. The van der Waals surface area contributed by atoms with E-state index in [1.165, 1.54) is 0 Å². The molecule has 6 heteroatoms. The van der Waals surface area contributed by atoms with E-state index in [4.69, 9.17) is 4.42 Å². The number of hydrogen-bond acceptors (Lipinski definition) is 3. The lowest BCUT2D eigenvalue weighted by Gasteiger charge is -2.24. The molecule has 6 nitrogen and oxygen atoms in total. The topological polar surface area (TPSA) is 83.4 Å². The SMILES string of the molecule is CC(CCc1ccco1)NC(=O)C(NC(=O)Nc1ccccc1)C(C)C. The molecule has 140 valence electrons. The Kier molecular flexibility index (Phi) is 7.26. The Morgan fingerprint density at radius 2 is 1.73 bits per heavy atom. The molecule has 0 aliphatic rings. The van der Waals surface area contributed by atoms with Crippen molar-refractivity contribution in [1.29, 1.82) is 0 Å². The van der Waals surface area contributed by atoms with Crippen LogP contribution in [0, 0.1) is 5.92 Å². The summed E-state index contributed by atoms with van der Waals surface area (Å²) in [5, 5.41) is 8.47. The van der Waals surface area contributed by atoms with Gasteiger partial charge in [0.25, 0.3) is 0 Å². The highest BCUT2D eigenvalue weighted by atomic mass is 16.3. The van der Waals surface area contributed by atoms with E-state index in [0.29, 0.717) is 5.69 Å². The number of benzene rings is 1. The molecule has 0 fully saturated rings. The summed E-state index contributed by atoms with van der Waals surface area (Å²) in [6.45, 7) is 5.75. The van der Waals surface area contributed by atoms with Gasteiger partial charge in [0.15, 0.2) is 0 Å². The van der Waals surface area contributed by atoms with Crippen molar-refractivity contribution < 1.29 is 14.0 Å². The molecule has 1 heterocycles. The molecular formula is C20H27N3O3. The summed E-state index contributed by atoms with van der Waals surface area (Å²) < 4.78 is 5.31. The predicted octanol–water partition coefficient (Wildman–Crippen LogP) is 3.56. The smallest absolute Gasteiger partial charge is 0.319 e. The fourth-order valence-electron chi connectivity index (χ4n) is 2.58. The van der Waals surface area contributed by atoms with E-state index in [-0.39, 0.29) is 17.9 Å². The second-order valence-electron chi connectivity index (χ2n) is 6.71. The normalized spacial score (nSPS) is 13.1. The summed E-state index contributed by atoms with van der Waals surface area (Å²) in [7, 11) is 0. The number of anilines is 1. The van der Waals surface area contributed by atoms with Gasteiger partial charge in [0, 0.05) is 18.2 Å². The van der Waals surface area contributed by atoms with Crippen LogP contribution >= 0.6 is 0 Å². The standard InChI is InChI=1S/C20H27N3O3/c1-14(2)18(23-20(25)22-16-8-5-4-6-9-16)19(24)21-15(3)11-12-17-10-7-13-26-17/h4-10,13-15,18H,11-12H2,1-3H3,(H,21,24)(H2,22,23,25). The summed E-state index contributed by atoms with van der Waals surface area (Å²) in [6.07, 6.45) is 3.16. The van der Waals surface area contributed by atoms with E-state index in [9.17, 15) is 9.59 Å². The zero-order valence-corrected chi connectivity index (χ0v) is 15.5. The van der Waals surface area contributed by atoms with Gasteiger partial charge in [-0.05, 0) is 43.5 Å². The van der Waals surface area contributed by atoms with E-state index in [1.54, 1.807) is 18.4 Å². The molecule has 3 N–H and O–H groups in total. The minimum atomic E-state index is -0.607. The van der Waals surface area contributed by atoms with Crippen LogP contribution in [0.2, 0.25) is 0 Å². The van der Waals surface area contributed by atoms with Crippen molar-refractivity contribution in [2.24, 2.45) is 5.92 Å². The first-order valence-electron chi connectivity index (χ1n) is 8.91. The average Bonchev–Trinajstić information content (AvgIpc) is 3.12. The van der Waals surface area contributed by atoms with Gasteiger partial charge in [-0.25, -0.2) is 4.79 Å². The van der Waals surface area contributed by atoms with Crippen LogP contribution in [-0.2, 0) is 11.2 Å². The van der Waals surface area contributed by atoms with Gasteiger partial charge in [-0.3, -0.25) is 4.79 Å². The van der Waals surface area contributed by atoms with Gasteiger partial charge in [0.2, 0.25) is 5.91 Å². The second-order valence-corrected chi connectivity index (χ2v) is 6.71. The maximum absolute atomic E-state index is 12.6. The van der Waals surface area contributed by atoms with Crippen molar-refractivity contribution in [1.82, 2.24) is 10.6 Å². The maximum Gasteiger partial charge on any atom is 0.319 e. The third-order valence-corrected chi connectivity index (χ3v) is 4.06. The fourth-order valence-corrected chi connectivity index (χ4v) is 2.58. The molecule has 2 atom stereocenters. The van der Waals surface area contributed by atoms with Gasteiger partial charge in [-0.2, -0.15) is 0 Å². The molecule has 1 aromatic carbocycles. The summed E-state index contributed by atoms with van der Waals surface area (Å²) in [5.41, 5.74) is 0.680. The molecule has 0 aliphatic heterocycles. The Labute approximate surface area is 154 Å². The zero-order chi connectivity index (χ0) is 18.9. The van der Waals surface area contributed by atoms with Gasteiger partial charge < -0.3 is 20.4 Å². The Morgan fingerprint density at radius 3 is 2.35 bits per heavy atom. The first-order valence-corrected chi connectivity index (χ1v) is 8.91. The highest BCUT2D eigenvalue weighted by Crippen LogP contribution is 2.09. The number of hydrogen-bond donors (Lipinski definition) is 3. The third-order valence-electron chi connectivity index (χ3n) is 4.06. The van der Waals surface area contributed by atoms with Crippen molar-refractivity contribution in [3.8, 4) is 0 Å². The minimum Gasteiger partial charge on any atom is -0.469 e. The lowest BCUT2D eigenvalue weighted by atomic mass is 10.0. The lowest BCUT2D eigenvalue weighted by molar-refractivity contribution is -0.124. The number of aryl methyl sites for hydroxylation is 1. The summed E-state index contributed by atoms with van der Waals surface area (Å²) in [5.74, 6) is 0.677. The number of carbonyl (C=O) groups excluding carboxylic acids is 2. The van der Waals surface area contributed by atoms with E-state index < -0.39 is 12.1 Å². The third kappa shape index (κ3) is 6.27. The molecule has 2 rings (SSSR count). The van der Waals surface area contributed by atoms with Crippen molar-refractivity contribution in [3.05, 3.63) is 54.5 Å². The number of urea groups is 1. The van der Waals surface area contributed by atoms with Crippen LogP contribution in [0.3, 0.4) is 0 Å². The first kappa shape index (κ1) is 19.6. The Bertz CT molecular complexity index is 684. The molecule has 0 saturated heterocycles. The number of amides is 3. The monoisotopic (exact) mass is 357 g/mol. The minimum absolute atomic E-state index is 0.0205. The Balaban J connectivity index is 1.84. The molecule has 2 unspecified atom stereocenters. The molecule has 0 saturated carbocycles. The molecule has 1 aromatic heterocycles. The Hall–Kier alpha value is -2.76. The van der Waals surface area contributed by atoms with Crippen LogP contribution in [0.5, 0.6) is 0 Å². The first-order chi connectivity index (χ1) is 12.5. The van der Waals surface area contributed by atoms with Crippen LogP contribution in [0.15, 0.2) is 53.1 Å². The van der Waals surface area contributed by atoms with E-state index in [1.807, 2.05) is 51.1 Å². The molecular weight excluding hydrogens is 330 g/mol. The fraction of sp³-hybridized carbons (Fsp3) is 0.400. The van der Waals surface area contributed by atoms with Gasteiger partial charge >= 0.3 is 6.03 Å². The van der Waals surface area contributed by atoms with Crippen molar-refractivity contribution in [2.75, 3.05) is 5.32 Å². The van der Waals surface area contributed by atoms with Crippen LogP contribution in [0.25, 0.3) is 0 Å². The number of rotatable bonds is 8. The van der Waals surface area contributed by atoms with Crippen LogP contribution in [0.1, 0.15) is 33.0 Å². The number of carbonyl (C=O) groups is 2. The van der Waals surface area contributed by atoms with Crippen molar-refractivity contribution >= 4 is 17.6 Å². The number of para-hydroxylation sites is 1. The van der Waals surface area contributed by atoms with Gasteiger partial charge in [-0.1, -0.05) is 32.0 Å². The maximum atomic E-state index is 12.6.